The smallest absolute Gasteiger partial charge is 0.233 e. The number of nitrogens with zero attached hydrogens (tertiary/aromatic N) is 1. The zero-order valence-corrected chi connectivity index (χ0v) is 12.7. The van der Waals surface area contributed by atoms with E-state index in [4.69, 9.17) is 0 Å². The molecule has 0 aromatic rings. The molecule has 1 heterocycles. The fourth-order valence-corrected chi connectivity index (χ4v) is 4.54. The Balaban J connectivity index is 1.72. The van der Waals surface area contributed by atoms with E-state index in [2.05, 4.69) is 13.2 Å². The second kappa shape index (κ2) is 5.78. The zero-order chi connectivity index (χ0) is 15.0. The zero-order valence-electron chi connectivity index (χ0n) is 12.7. The molecule has 2 amide bonds. The fraction of sp³-hybridized carbons (Fsp3) is 0.667. The maximum atomic E-state index is 12.5. The summed E-state index contributed by atoms with van der Waals surface area (Å²) in [5.41, 5.74) is 0. The van der Waals surface area contributed by atoms with Crippen LogP contribution in [0.5, 0.6) is 0 Å². The first-order valence-electron chi connectivity index (χ1n) is 8.26. The van der Waals surface area contributed by atoms with Crippen LogP contribution in [0, 0.1) is 29.6 Å². The summed E-state index contributed by atoms with van der Waals surface area (Å²) in [6, 6.07) is 0. The van der Waals surface area contributed by atoms with Gasteiger partial charge in [-0.05, 0) is 43.4 Å². The molecule has 3 rings (SSSR count). The van der Waals surface area contributed by atoms with E-state index in [0.717, 1.165) is 38.5 Å². The van der Waals surface area contributed by atoms with Crippen LogP contribution in [-0.4, -0.2) is 23.3 Å². The Bertz CT molecular complexity index is 446. The fourth-order valence-electron chi connectivity index (χ4n) is 4.54. The highest BCUT2D eigenvalue weighted by Crippen LogP contribution is 2.42. The third kappa shape index (κ3) is 2.47. The molecule has 2 aliphatic carbocycles. The van der Waals surface area contributed by atoms with E-state index < -0.39 is 0 Å². The molecule has 0 radical (unpaired) electrons. The van der Waals surface area contributed by atoms with Crippen molar-refractivity contribution in [3.05, 3.63) is 25.3 Å². The maximum Gasteiger partial charge on any atom is 0.233 e. The quantitative estimate of drug-likeness (QED) is 0.588. The van der Waals surface area contributed by atoms with Crippen LogP contribution >= 0.6 is 0 Å². The number of carbonyl (C=O) groups is 2. The Morgan fingerprint density at radius 3 is 2.14 bits per heavy atom. The minimum atomic E-state index is -0.0231. The van der Waals surface area contributed by atoms with Gasteiger partial charge in [0.2, 0.25) is 11.8 Å². The van der Waals surface area contributed by atoms with E-state index in [1.807, 2.05) is 12.2 Å². The van der Waals surface area contributed by atoms with Gasteiger partial charge in [0, 0.05) is 6.54 Å². The minimum absolute atomic E-state index is 0.0231. The third-order valence-corrected chi connectivity index (χ3v) is 5.77. The van der Waals surface area contributed by atoms with Crippen molar-refractivity contribution >= 4 is 11.8 Å². The second-order valence-electron chi connectivity index (χ2n) is 6.91. The molecule has 5 unspecified atom stereocenters. The molecule has 0 N–H and O–H groups in total. The van der Waals surface area contributed by atoms with Gasteiger partial charge in [-0.15, -0.1) is 13.2 Å². The van der Waals surface area contributed by atoms with Crippen LogP contribution in [0.2, 0.25) is 0 Å². The molecular formula is C18H25NO2. The molecule has 0 spiro atoms. The van der Waals surface area contributed by atoms with Gasteiger partial charge in [0.05, 0.1) is 11.8 Å². The second-order valence-corrected chi connectivity index (χ2v) is 6.91. The summed E-state index contributed by atoms with van der Waals surface area (Å²) in [7, 11) is 0. The van der Waals surface area contributed by atoms with Crippen molar-refractivity contribution in [3.8, 4) is 0 Å². The van der Waals surface area contributed by atoms with Crippen LogP contribution in [0.25, 0.3) is 0 Å². The van der Waals surface area contributed by atoms with Crippen molar-refractivity contribution < 1.29 is 9.59 Å². The number of hydrogen-bond donors (Lipinski definition) is 0. The number of fused-ring (bicyclic) bond motifs is 1. The van der Waals surface area contributed by atoms with Crippen LogP contribution in [0.1, 0.15) is 38.5 Å². The molecule has 1 saturated heterocycles. The van der Waals surface area contributed by atoms with Crippen LogP contribution < -0.4 is 0 Å². The summed E-state index contributed by atoms with van der Waals surface area (Å²) in [4.78, 5) is 26.7. The number of allylic oxidation sites excluding steroid dienone is 2. The van der Waals surface area contributed by atoms with E-state index >= 15 is 0 Å². The normalized spacial score (nSPS) is 39.4. The van der Waals surface area contributed by atoms with Crippen molar-refractivity contribution in [3.63, 3.8) is 0 Å². The Morgan fingerprint density at radius 2 is 1.62 bits per heavy atom. The largest absolute Gasteiger partial charge is 0.282 e. The van der Waals surface area contributed by atoms with Gasteiger partial charge in [0.15, 0.2) is 0 Å². The van der Waals surface area contributed by atoms with Gasteiger partial charge in [-0.1, -0.05) is 25.0 Å². The predicted molar refractivity (Wildman–Crippen MR) is 82.3 cm³/mol. The average molecular weight is 287 g/mol. The molecule has 3 heteroatoms. The molecule has 1 aliphatic heterocycles. The van der Waals surface area contributed by atoms with Crippen LogP contribution in [0.4, 0.5) is 0 Å². The highest BCUT2D eigenvalue weighted by atomic mass is 16.2. The molecular weight excluding hydrogens is 262 g/mol. The van der Waals surface area contributed by atoms with E-state index in [9.17, 15) is 9.59 Å². The van der Waals surface area contributed by atoms with Crippen molar-refractivity contribution in [2.24, 2.45) is 29.6 Å². The molecule has 3 aliphatic rings. The molecule has 21 heavy (non-hydrogen) atoms. The SMILES string of the molecule is C=CC1CC(C=C)C(CN2C(=O)C3CCCCC3C2=O)C1. The monoisotopic (exact) mass is 287 g/mol. The number of rotatable bonds is 4. The molecule has 3 fully saturated rings. The number of imide groups is 1. The Kier molecular flexibility index (Phi) is 4.01. The Morgan fingerprint density at radius 1 is 1.00 bits per heavy atom. The van der Waals surface area contributed by atoms with E-state index in [-0.39, 0.29) is 23.7 Å². The molecule has 0 aromatic heterocycles. The van der Waals surface area contributed by atoms with Gasteiger partial charge in [-0.25, -0.2) is 0 Å². The molecule has 5 atom stereocenters. The first-order chi connectivity index (χ1) is 10.2. The maximum absolute atomic E-state index is 12.5. The van der Waals surface area contributed by atoms with E-state index in [1.54, 1.807) is 4.90 Å². The molecule has 114 valence electrons. The Labute approximate surface area is 127 Å². The lowest BCUT2D eigenvalue weighted by atomic mass is 9.81. The summed E-state index contributed by atoms with van der Waals surface area (Å²) in [5.74, 6) is 1.39. The minimum Gasteiger partial charge on any atom is -0.282 e. The number of amides is 2. The lowest BCUT2D eigenvalue weighted by molar-refractivity contribution is -0.140. The van der Waals surface area contributed by atoms with Gasteiger partial charge in [0.1, 0.15) is 0 Å². The number of hydrogen-bond acceptors (Lipinski definition) is 2. The van der Waals surface area contributed by atoms with Crippen molar-refractivity contribution in [2.75, 3.05) is 6.54 Å². The summed E-state index contributed by atoms with van der Waals surface area (Å²) in [6.07, 6.45) is 10.0. The van der Waals surface area contributed by atoms with Gasteiger partial charge in [0.25, 0.3) is 0 Å². The molecule has 0 aromatic carbocycles. The van der Waals surface area contributed by atoms with Gasteiger partial charge in [-0.3, -0.25) is 14.5 Å². The average Bonchev–Trinajstić information content (AvgIpc) is 3.02. The van der Waals surface area contributed by atoms with Crippen LogP contribution in [0.3, 0.4) is 0 Å². The lowest BCUT2D eigenvalue weighted by Gasteiger charge is -2.22. The summed E-state index contributed by atoms with van der Waals surface area (Å²) < 4.78 is 0. The summed E-state index contributed by atoms with van der Waals surface area (Å²) in [5, 5.41) is 0. The lowest BCUT2D eigenvalue weighted by Crippen LogP contribution is -2.36. The highest BCUT2D eigenvalue weighted by Gasteiger charge is 2.49. The van der Waals surface area contributed by atoms with Crippen LogP contribution in [0.15, 0.2) is 25.3 Å². The first-order valence-corrected chi connectivity index (χ1v) is 8.26. The summed E-state index contributed by atoms with van der Waals surface area (Å²) in [6.45, 7) is 8.40. The van der Waals surface area contributed by atoms with E-state index in [1.165, 1.54) is 0 Å². The molecule has 2 saturated carbocycles. The van der Waals surface area contributed by atoms with Crippen molar-refractivity contribution in [2.45, 2.75) is 38.5 Å². The van der Waals surface area contributed by atoms with Crippen molar-refractivity contribution in [1.29, 1.82) is 0 Å². The van der Waals surface area contributed by atoms with Gasteiger partial charge >= 0.3 is 0 Å². The topological polar surface area (TPSA) is 37.4 Å². The summed E-state index contributed by atoms with van der Waals surface area (Å²) >= 11 is 0. The standard InChI is InChI=1S/C18H25NO2/c1-3-12-9-13(4-2)14(10-12)11-19-17(20)15-7-5-6-8-16(15)18(19)21/h3-4,12-16H,1-2,5-11H2. The van der Waals surface area contributed by atoms with Crippen LogP contribution in [-0.2, 0) is 9.59 Å². The molecule has 3 nitrogen and oxygen atoms in total. The van der Waals surface area contributed by atoms with Crippen molar-refractivity contribution in [1.82, 2.24) is 4.90 Å². The number of carbonyl (C=O) groups excluding carboxylic acids is 2. The van der Waals surface area contributed by atoms with E-state index in [0.29, 0.717) is 24.3 Å². The number of likely N-dealkylation sites (tertiary alicyclic amines) is 1. The Hall–Kier alpha value is -1.38. The highest BCUT2D eigenvalue weighted by molar-refractivity contribution is 6.05. The van der Waals surface area contributed by atoms with Gasteiger partial charge < -0.3 is 0 Å². The molecule has 0 bridgehead atoms. The first kappa shape index (κ1) is 14.6. The third-order valence-electron chi connectivity index (χ3n) is 5.77. The van der Waals surface area contributed by atoms with Gasteiger partial charge in [-0.2, -0.15) is 0 Å². The predicted octanol–water partition coefficient (Wildman–Crippen LogP) is 3.18.